The van der Waals surface area contributed by atoms with Crippen LogP contribution in [0.15, 0.2) is 24.3 Å². The van der Waals surface area contributed by atoms with Crippen LogP contribution in [-0.2, 0) is 13.1 Å². The van der Waals surface area contributed by atoms with Gasteiger partial charge in [-0.25, -0.2) is 0 Å². The first kappa shape index (κ1) is 14.2. The van der Waals surface area contributed by atoms with Gasteiger partial charge in [-0.1, -0.05) is 38.1 Å². The fourth-order valence-corrected chi connectivity index (χ4v) is 2.06. The highest BCUT2D eigenvalue weighted by Gasteiger charge is 2.06. The highest BCUT2D eigenvalue weighted by molar-refractivity contribution is 5.26. The third kappa shape index (κ3) is 4.88. The summed E-state index contributed by atoms with van der Waals surface area (Å²) in [6.07, 6.45) is 2.40. The summed E-state index contributed by atoms with van der Waals surface area (Å²) in [4.78, 5) is 2.22. The third-order valence-corrected chi connectivity index (χ3v) is 3.17. The molecule has 0 bridgehead atoms. The molecular formula is C15H26N2. The Hall–Kier alpha value is -0.860. The van der Waals surface area contributed by atoms with Gasteiger partial charge in [-0.3, -0.25) is 0 Å². The topological polar surface area (TPSA) is 15.3 Å². The van der Waals surface area contributed by atoms with E-state index >= 15 is 0 Å². The average Bonchev–Trinajstić information content (AvgIpc) is 2.31. The van der Waals surface area contributed by atoms with Crippen LogP contribution in [0.5, 0.6) is 0 Å². The van der Waals surface area contributed by atoms with E-state index in [0.717, 1.165) is 13.1 Å². The van der Waals surface area contributed by atoms with Crippen LogP contribution in [-0.4, -0.2) is 25.0 Å². The quantitative estimate of drug-likeness (QED) is 0.780. The second kappa shape index (κ2) is 7.46. The molecule has 0 atom stereocenters. The summed E-state index contributed by atoms with van der Waals surface area (Å²) in [5.74, 6) is 0. The van der Waals surface area contributed by atoms with Crippen molar-refractivity contribution in [2.45, 2.75) is 45.8 Å². The van der Waals surface area contributed by atoms with Gasteiger partial charge in [0.15, 0.2) is 0 Å². The molecule has 0 heterocycles. The van der Waals surface area contributed by atoms with Crippen molar-refractivity contribution in [1.82, 2.24) is 10.2 Å². The summed E-state index contributed by atoms with van der Waals surface area (Å²) in [5, 5.41) is 3.63. The third-order valence-electron chi connectivity index (χ3n) is 3.17. The van der Waals surface area contributed by atoms with Gasteiger partial charge in [0.25, 0.3) is 0 Å². The van der Waals surface area contributed by atoms with Gasteiger partial charge in [0.1, 0.15) is 0 Å². The first-order chi connectivity index (χ1) is 8.17. The van der Waals surface area contributed by atoms with Crippen molar-refractivity contribution in [3.05, 3.63) is 35.4 Å². The minimum Gasteiger partial charge on any atom is -0.310 e. The average molecular weight is 234 g/mol. The Balaban J connectivity index is 2.63. The molecule has 1 N–H and O–H groups in total. The van der Waals surface area contributed by atoms with Gasteiger partial charge in [0, 0.05) is 19.1 Å². The van der Waals surface area contributed by atoms with E-state index in [0.29, 0.717) is 6.04 Å². The first-order valence-electron chi connectivity index (χ1n) is 6.62. The summed E-state index contributed by atoms with van der Waals surface area (Å²) in [6, 6.07) is 9.35. The number of hydrogen-bond acceptors (Lipinski definition) is 2. The smallest absolute Gasteiger partial charge is 0.0230 e. The van der Waals surface area contributed by atoms with Crippen LogP contribution in [0.25, 0.3) is 0 Å². The molecule has 0 unspecified atom stereocenters. The Bertz CT molecular complexity index is 316. The van der Waals surface area contributed by atoms with Gasteiger partial charge in [-0.2, -0.15) is 0 Å². The lowest BCUT2D eigenvalue weighted by Gasteiger charge is -2.18. The maximum Gasteiger partial charge on any atom is 0.0230 e. The maximum absolute atomic E-state index is 3.63. The molecule has 0 spiro atoms. The van der Waals surface area contributed by atoms with Gasteiger partial charge < -0.3 is 10.2 Å². The van der Waals surface area contributed by atoms with Gasteiger partial charge in [-0.15, -0.1) is 0 Å². The van der Waals surface area contributed by atoms with E-state index in [1.165, 1.54) is 24.0 Å². The lowest BCUT2D eigenvalue weighted by atomic mass is 10.1. The van der Waals surface area contributed by atoms with E-state index in [9.17, 15) is 0 Å². The molecule has 0 aromatic heterocycles. The number of rotatable bonds is 7. The second-order valence-electron chi connectivity index (χ2n) is 4.90. The SMILES string of the molecule is CCC(CC)NCc1ccccc1CN(C)C. The van der Waals surface area contributed by atoms with E-state index in [4.69, 9.17) is 0 Å². The van der Waals surface area contributed by atoms with Crippen LogP contribution in [0.3, 0.4) is 0 Å². The molecule has 1 rings (SSSR count). The summed E-state index contributed by atoms with van der Waals surface area (Å²) < 4.78 is 0. The van der Waals surface area contributed by atoms with Gasteiger partial charge >= 0.3 is 0 Å². The number of nitrogens with one attached hydrogen (secondary N) is 1. The normalized spacial score (nSPS) is 11.4. The van der Waals surface area contributed by atoms with Crippen LogP contribution in [0.4, 0.5) is 0 Å². The molecule has 1 aromatic carbocycles. The van der Waals surface area contributed by atoms with Gasteiger partial charge in [0.2, 0.25) is 0 Å². The van der Waals surface area contributed by atoms with Crippen molar-refractivity contribution < 1.29 is 0 Å². The molecule has 17 heavy (non-hydrogen) atoms. The van der Waals surface area contributed by atoms with Crippen molar-refractivity contribution in [1.29, 1.82) is 0 Å². The second-order valence-corrected chi connectivity index (χ2v) is 4.90. The molecule has 0 saturated heterocycles. The predicted molar refractivity (Wildman–Crippen MR) is 75.0 cm³/mol. The van der Waals surface area contributed by atoms with Crippen LogP contribution >= 0.6 is 0 Å². The Labute approximate surface area is 106 Å². The largest absolute Gasteiger partial charge is 0.310 e. The van der Waals surface area contributed by atoms with Crippen molar-refractivity contribution >= 4 is 0 Å². The highest BCUT2D eigenvalue weighted by atomic mass is 15.0. The van der Waals surface area contributed by atoms with Crippen LogP contribution < -0.4 is 5.32 Å². The molecule has 0 aliphatic carbocycles. The van der Waals surface area contributed by atoms with Crippen LogP contribution in [0, 0.1) is 0 Å². The molecule has 2 nitrogen and oxygen atoms in total. The van der Waals surface area contributed by atoms with Crippen molar-refractivity contribution in [2.24, 2.45) is 0 Å². The minimum atomic E-state index is 0.641. The zero-order valence-electron chi connectivity index (χ0n) is 11.7. The Morgan fingerprint density at radius 3 is 2.18 bits per heavy atom. The first-order valence-corrected chi connectivity index (χ1v) is 6.62. The Kier molecular flexibility index (Phi) is 6.23. The molecule has 0 aliphatic heterocycles. The minimum absolute atomic E-state index is 0.641. The van der Waals surface area contributed by atoms with Crippen LogP contribution in [0.1, 0.15) is 37.8 Å². The van der Waals surface area contributed by atoms with Gasteiger partial charge in [0.05, 0.1) is 0 Å². The maximum atomic E-state index is 3.63. The summed E-state index contributed by atoms with van der Waals surface area (Å²) in [6.45, 7) is 6.48. The molecule has 96 valence electrons. The van der Waals surface area contributed by atoms with Crippen molar-refractivity contribution in [3.8, 4) is 0 Å². The van der Waals surface area contributed by atoms with Crippen molar-refractivity contribution in [3.63, 3.8) is 0 Å². The number of hydrogen-bond donors (Lipinski definition) is 1. The fraction of sp³-hybridized carbons (Fsp3) is 0.600. The van der Waals surface area contributed by atoms with Crippen LogP contribution in [0.2, 0.25) is 0 Å². The summed E-state index contributed by atoms with van der Waals surface area (Å²) >= 11 is 0. The molecule has 2 heteroatoms. The zero-order valence-corrected chi connectivity index (χ0v) is 11.7. The van der Waals surface area contributed by atoms with Crippen molar-refractivity contribution in [2.75, 3.05) is 14.1 Å². The Morgan fingerprint density at radius 2 is 1.65 bits per heavy atom. The Morgan fingerprint density at radius 1 is 1.06 bits per heavy atom. The molecule has 1 aromatic rings. The summed E-state index contributed by atoms with van der Waals surface area (Å²) in [5.41, 5.74) is 2.85. The lowest BCUT2D eigenvalue weighted by molar-refractivity contribution is 0.399. The van der Waals surface area contributed by atoms with E-state index in [-0.39, 0.29) is 0 Å². The molecule has 0 amide bonds. The monoisotopic (exact) mass is 234 g/mol. The molecular weight excluding hydrogens is 208 g/mol. The van der Waals surface area contributed by atoms with E-state index in [1.54, 1.807) is 0 Å². The fourth-order valence-electron chi connectivity index (χ4n) is 2.06. The molecule has 0 aliphatic rings. The zero-order chi connectivity index (χ0) is 12.7. The van der Waals surface area contributed by atoms with E-state index in [1.807, 2.05) is 0 Å². The molecule has 0 fully saturated rings. The predicted octanol–water partition coefficient (Wildman–Crippen LogP) is 3.03. The summed E-state index contributed by atoms with van der Waals surface area (Å²) in [7, 11) is 4.23. The lowest BCUT2D eigenvalue weighted by Crippen LogP contribution is -2.27. The van der Waals surface area contributed by atoms with Gasteiger partial charge in [-0.05, 0) is 38.1 Å². The van der Waals surface area contributed by atoms with E-state index in [2.05, 4.69) is 62.4 Å². The molecule has 0 radical (unpaired) electrons. The number of nitrogens with zero attached hydrogens (tertiary/aromatic N) is 1. The number of benzene rings is 1. The van der Waals surface area contributed by atoms with E-state index < -0.39 is 0 Å². The highest BCUT2D eigenvalue weighted by Crippen LogP contribution is 2.11. The standard InChI is InChI=1S/C15H26N2/c1-5-15(6-2)16-11-13-9-7-8-10-14(13)12-17(3)4/h7-10,15-16H,5-6,11-12H2,1-4H3. The molecule has 0 saturated carbocycles.